The van der Waals surface area contributed by atoms with Crippen LogP contribution in [0.2, 0.25) is 0 Å². The second kappa shape index (κ2) is 8.84. The number of para-hydroxylation sites is 1. The lowest BCUT2D eigenvalue weighted by molar-refractivity contribution is -0.145. The fourth-order valence-corrected chi connectivity index (χ4v) is 2.66. The summed E-state index contributed by atoms with van der Waals surface area (Å²) in [6.45, 7) is 9.94. The van der Waals surface area contributed by atoms with E-state index in [1.54, 1.807) is 12.1 Å². The van der Waals surface area contributed by atoms with E-state index in [1.165, 1.54) is 0 Å². The molecule has 0 unspecified atom stereocenters. The molecule has 2 N–H and O–H groups in total. The molecule has 0 bridgehead atoms. The fourth-order valence-electron chi connectivity index (χ4n) is 2.66. The molecule has 6 nitrogen and oxygen atoms in total. The lowest BCUT2D eigenvalue weighted by Gasteiger charge is -2.18. The average Bonchev–Trinajstić information content (AvgIpc) is 2.96. The first kappa shape index (κ1) is 18.5. The van der Waals surface area contributed by atoms with Crippen LogP contribution in [0.5, 0.6) is 5.75 Å². The molecule has 1 heterocycles. The number of H-pyrrole nitrogens is 1. The predicted molar refractivity (Wildman–Crippen MR) is 96.7 cm³/mol. The Bertz CT molecular complexity index is 769. The molecule has 0 aliphatic heterocycles. The number of benzene rings is 1. The summed E-state index contributed by atoms with van der Waals surface area (Å²) in [7, 11) is 0. The smallest absolute Gasteiger partial charge is 0.322 e. The summed E-state index contributed by atoms with van der Waals surface area (Å²) in [4.78, 5) is 27.5. The zero-order valence-electron chi connectivity index (χ0n) is 14.0. The molecule has 0 atom stereocenters. The topological polar surface area (TPSA) is 82.6 Å². The number of nitrogens with zero attached hydrogens (tertiary/aromatic N) is 1. The molecular weight excluding hydrogens is 320 g/mol. The standard InChI is InChI=1S/C19H22N2O4/c1-3-9-21(10-4-2)11-8-14-13-20-19-15(14)6-5-7-16(19)25-18(24)12-17(22)23/h3-7,13,20H,1-2,8-12H2,(H,22,23). The number of aliphatic carboxylic acids is 1. The Morgan fingerprint density at radius 2 is 1.96 bits per heavy atom. The van der Waals surface area contributed by atoms with Gasteiger partial charge >= 0.3 is 11.9 Å². The number of aromatic nitrogens is 1. The minimum Gasteiger partial charge on any atom is -0.481 e. The van der Waals surface area contributed by atoms with Crippen LogP contribution in [0.1, 0.15) is 12.0 Å². The maximum Gasteiger partial charge on any atom is 0.322 e. The molecule has 0 spiro atoms. The summed E-state index contributed by atoms with van der Waals surface area (Å²) >= 11 is 0. The minimum absolute atomic E-state index is 0.337. The first-order valence-electron chi connectivity index (χ1n) is 8.00. The summed E-state index contributed by atoms with van der Waals surface area (Å²) in [5.74, 6) is -1.67. The van der Waals surface area contributed by atoms with Gasteiger partial charge in [-0.1, -0.05) is 24.3 Å². The van der Waals surface area contributed by atoms with E-state index in [0.29, 0.717) is 11.3 Å². The highest BCUT2D eigenvalue weighted by Crippen LogP contribution is 2.28. The zero-order valence-corrected chi connectivity index (χ0v) is 14.0. The third-order valence-corrected chi connectivity index (χ3v) is 3.75. The van der Waals surface area contributed by atoms with Crippen molar-refractivity contribution in [3.63, 3.8) is 0 Å². The number of hydrogen-bond donors (Lipinski definition) is 2. The van der Waals surface area contributed by atoms with E-state index in [0.717, 1.165) is 37.0 Å². The largest absolute Gasteiger partial charge is 0.481 e. The number of nitrogens with one attached hydrogen (secondary N) is 1. The van der Waals surface area contributed by atoms with Crippen molar-refractivity contribution in [1.82, 2.24) is 9.88 Å². The maximum absolute atomic E-state index is 11.6. The van der Waals surface area contributed by atoms with Gasteiger partial charge in [0.15, 0.2) is 5.75 Å². The molecule has 0 aliphatic rings. The molecule has 2 aromatic rings. The normalized spacial score (nSPS) is 10.8. The Morgan fingerprint density at radius 1 is 1.24 bits per heavy atom. The molecule has 0 amide bonds. The van der Waals surface area contributed by atoms with Crippen molar-refractivity contribution >= 4 is 22.8 Å². The number of ether oxygens (including phenoxy) is 1. The van der Waals surface area contributed by atoms with Gasteiger partial charge in [0.1, 0.15) is 6.42 Å². The van der Waals surface area contributed by atoms with Crippen molar-refractivity contribution in [1.29, 1.82) is 0 Å². The van der Waals surface area contributed by atoms with Gasteiger partial charge in [0.25, 0.3) is 0 Å². The summed E-state index contributed by atoms with van der Waals surface area (Å²) in [6, 6.07) is 5.37. The lowest BCUT2D eigenvalue weighted by atomic mass is 10.1. The van der Waals surface area contributed by atoms with E-state index in [1.807, 2.05) is 24.4 Å². The van der Waals surface area contributed by atoms with Crippen LogP contribution in [0.3, 0.4) is 0 Å². The Balaban J connectivity index is 2.14. The Kier molecular flexibility index (Phi) is 6.54. The van der Waals surface area contributed by atoms with E-state index >= 15 is 0 Å². The van der Waals surface area contributed by atoms with Crippen molar-refractivity contribution in [2.24, 2.45) is 0 Å². The summed E-state index contributed by atoms with van der Waals surface area (Å²) in [5, 5.41) is 9.62. The Labute approximate surface area is 146 Å². The van der Waals surface area contributed by atoms with Gasteiger partial charge in [-0.3, -0.25) is 14.5 Å². The van der Waals surface area contributed by atoms with Crippen LogP contribution in [0.15, 0.2) is 49.7 Å². The number of carbonyl (C=O) groups is 2. The highest BCUT2D eigenvalue weighted by atomic mass is 16.5. The molecule has 132 valence electrons. The van der Waals surface area contributed by atoms with Gasteiger partial charge in [-0.2, -0.15) is 0 Å². The Hall–Kier alpha value is -2.86. The van der Waals surface area contributed by atoms with Crippen LogP contribution < -0.4 is 4.74 Å². The molecule has 2 rings (SSSR count). The third-order valence-electron chi connectivity index (χ3n) is 3.75. The highest BCUT2D eigenvalue weighted by molar-refractivity contribution is 5.94. The SMILES string of the molecule is C=CCN(CC=C)CCc1c[nH]c2c(OC(=O)CC(=O)O)cccc12. The van der Waals surface area contributed by atoms with Crippen molar-refractivity contribution in [3.8, 4) is 5.75 Å². The van der Waals surface area contributed by atoms with Crippen LogP contribution >= 0.6 is 0 Å². The number of hydrogen-bond acceptors (Lipinski definition) is 4. The molecule has 0 saturated heterocycles. The summed E-state index contributed by atoms with van der Waals surface area (Å²) in [6.07, 6.45) is 5.76. The van der Waals surface area contributed by atoms with Crippen molar-refractivity contribution in [2.45, 2.75) is 12.8 Å². The third kappa shape index (κ3) is 5.06. The summed E-state index contributed by atoms with van der Waals surface area (Å²) < 4.78 is 5.17. The van der Waals surface area contributed by atoms with Crippen LogP contribution in [0.25, 0.3) is 10.9 Å². The van der Waals surface area contributed by atoms with Gasteiger partial charge in [-0.25, -0.2) is 0 Å². The van der Waals surface area contributed by atoms with Gasteiger partial charge in [0.05, 0.1) is 5.52 Å². The van der Waals surface area contributed by atoms with Crippen molar-refractivity contribution < 1.29 is 19.4 Å². The average molecular weight is 342 g/mol. The molecule has 1 aromatic carbocycles. The number of carboxylic acids is 1. The van der Waals surface area contributed by atoms with E-state index in [-0.39, 0.29) is 0 Å². The lowest BCUT2D eigenvalue weighted by Crippen LogP contribution is -2.26. The van der Waals surface area contributed by atoms with E-state index < -0.39 is 18.4 Å². The van der Waals surface area contributed by atoms with Gasteiger partial charge in [0, 0.05) is 31.2 Å². The van der Waals surface area contributed by atoms with E-state index in [9.17, 15) is 9.59 Å². The first-order valence-corrected chi connectivity index (χ1v) is 8.00. The number of aromatic amines is 1. The molecule has 6 heteroatoms. The van der Waals surface area contributed by atoms with Crippen LogP contribution in [-0.2, 0) is 16.0 Å². The molecule has 0 fully saturated rings. The van der Waals surface area contributed by atoms with Crippen molar-refractivity contribution in [2.75, 3.05) is 19.6 Å². The number of carboxylic acid groups (broad SMARTS) is 1. The van der Waals surface area contributed by atoms with Gasteiger partial charge in [-0.05, 0) is 18.1 Å². The molecule has 1 aromatic heterocycles. The second-order valence-electron chi connectivity index (χ2n) is 5.62. The molecule has 25 heavy (non-hydrogen) atoms. The second-order valence-corrected chi connectivity index (χ2v) is 5.62. The first-order chi connectivity index (χ1) is 12.0. The highest BCUT2D eigenvalue weighted by Gasteiger charge is 2.14. The monoisotopic (exact) mass is 342 g/mol. The molecule has 0 saturated carbocycles. The quantitative estimate of drug-likeness (QED) is 0.300. The number of carbonyl (C=O) groups excluding carboxylic acids is 1. The van der Waals surface area contributed by atoms with Crippen LogP contribution in [-0.4, -0.2) is 46.6 Å². The molecule has 0 radical (unpaired) electrons. The molecular formula is C19H22N2O4. The molecule has 0 aliphatic carbocycles. The Morgan fingerprint density at radius 3 is 2.60 bits per heavy atom. The van der Waals surface area contributed by atoms with E-state index in [2.05, 4.69) is 23.0 Å². The fraction of sp³-hybridized carbons (Fsp3) is 0.263. The van der Waals surface area contributed by atoms with Gasteiger partial charge in [-0.15, -0.1) is 13.2 Å². The zero-order chi connectivity index (χ0) is 18.2. The van der Waals surface area contributed by atoms with Crippen molar-refractivity contribution in [3.05, 3.63) is 55.3 Å². The summed E-state index contributed by atoms with van der Waals surface area (Å²) in [5.41, 5.74) is 1.79. The van der Waals surface area contributed by atoms with Crippen LogP contribution in [0.4, 0.5) is 0 Å². The number of fused-ring (bicyclic) bond motifs is 1. The minimum atomic E-state index is -1.21. The van der Waals surface area contributed by atoms with Crippen LogP contribution in [0, 0.1) is 0 Å². The maximum atomic E-state index is 11.6. The van der Waals surface area contributed by atoms with Gasteiger partial charge in [0.2, 0.25) is 0 Å². The number of rotatable bonds is 10. The van der Waals surface area contributed by atoms with Gasteiger partial charge < -0.3 is 14.8 Å². The number of esters is 1. The van der Waals surface area contributed by atoms with E-state index in [4.69, 9.17) is 9.84 Å². The predicted octanol–water partition coefficient (Wildman–Crippen LogP) is 2.76.